The van der Waals surface area contributed by atoms with Gasteiger partial charge in [0.15, 0.2) is 0 Å². The molecule has 1 aromatic carbocycles. The molecule has 3 rings (SSSR count). The summed E-state index contributed by atoms with van der Waals surface area (Å²) in [5.74, 6) is -0.307. The van der Waals surface area contributed by atoms with Crippen molar-refractivity contribution < 1.29 is 14.0 Å². The minimum Gasteiger partial charge on any atom is -0.329 e. The smallest absolute Gasteiger partial charge is 0.249 e. The van der Waals surface area contributed by atoms with Gasteiger partial charge in [0.2, 0.25) is 11.8 Å². The largest absolute Gasteiger partial charge is 0.329 e. The minimum atomic E-state index is -0.481. The highest BCUT2D eigenvalue weighted by molar-refractivity contribution is 6.00. The maximum Gasteiger partial charge on any atom is 0.249 e. The van der Waals surface area contributed by atoms with Gasteiger partial charge in [-0.1, -0.05) is 18.9 Å². The zero-order chi connectivity index (χ0) is 15.7. The van der Waals surface area contributed by atoms with Crippen molar-refractivity contribution in [2.45, 2.75) is 38.6 Å². The third-order valence-electron chi connectivity index (χ3n) is 4.76. The summed E-state index contributed by atoms with van der Waals surface area (Å²) in [7, 11) is 0. The molecule has 1 aromatic rings. The van der Waals surface area contributed by atoms with Crippen molar-refractivity contribution in [1.29, 1.82) is 0 Å². The van der Waals surface area contributed by atoms with Gasteiger partial charge in [-0.3, -0.25) is 9.59 Å². The van der Waals surface area contributed by atoms with Crippen molar-refractivity contribution >= 4 is 17.5 Å². The standard InChI is InChI=1S/C17H21FN2O2/c1-12-16(21)20(15-8-4-7-14(18)11-15)10-9-19(12)17(22)13-5-2-3-6-13/h4,7-8,11-13H,2-3,5-6,9-10H2,1H3/t12-/m0/s1. The molecule has 1 aliphatic carbocycles. The molecule has 118 valence electrons. The molecule has 0 spiro atoms. The summed E-state index contributed by atoms with van der Waals surface area (Å²) in [5, 5.41) is 0. The molecule has 2 aliphatic rings. The first-order valence-electron chi connectivity index (χ1n) is 7.95. The van der Waals surface area contributed by atoms with Crippen LogP contribution in [0.4, 0.5) is 10.1 Å². The summed E-state index contributed by atoms with van der Waals surface area (Å²) in [5.41, 5.74) is 0.560. The van der Waals surface area contributed by atoms with E-state index in [1.165, 1.54) is 12.1 Å². The Bertz CT molecular complexity index is 584. The fraction of sp³-hybridized carbons (Fsp3) is 0.529. The summed E-state index contributed by atoms with van der Waals surface area (Å²) in [6.07, 6.45) is 4.07. The van der Waals surface area contributed by atoms with E-state index in [4.69, 9.17) is 0 Å². The molecule has 5 heteroatoms. The van der Waals surface area contributed by atoms with Gasteiger partial charge in [0.25, 0.3) is 0 Å². The third kappa shape index (κ3) is 2.72. The van der Waals surface area contributed by atoms with Crippen molar-refractivity contribution in [1.82, 2.24) is 4.90 Å². The second-order valence-electron chi connectivity index (χ2n) is 6.16. The van der Waals surface area contributed by atoms with Crippen LogP contribution in [0.2, 0.25) is 0 Å². The SMILES string of the molecule is C[C@H]1C(=O)N(c2cccc(F)c2)CCN1C(=O)C1CCCC1. The van der Waals surface area contributed by atoms with E-state index >= 15 is 0 Å². The highest BCUT2D eigenvalue weighted by Crippen LogP contribution is 2.29. The molecule has 22 heavy (non-hydrogen) atoms. The lowest BCUT2D eigenvalue weighted by Crippen LogP contribution is -2.58. The molecule has 0 bridgehead atoms. The predicted molar refractivity (Wildman–Crippen MR) is 81.9 cm³/mol. The first-order chi connectivity index (χ1) is 10.6. The van der Waals surface area contributed by atoms with Gasteiger partial charge in [0, 0.05) is 24.7 Å². The number of anilines is 1. The summed E-state index contributed by atoms with van der Waals surface area (Å²) < 4.78 is 13.4. The zero-order valence-corrected chi connectivity index (χ0v) is 12.8. The Hall–Kier alpha value is -1.91. The maximum atomic E-state index is 13.4. The highest BCUT2D eigenvalue weighted by Gasteiger charge is 2.38. The topological polar surface area (TPSA) is 40.6 Å². The number of rotatable bonds is 2. The summed E-state index contributed by atoms with van der Waals surface area (Å²) in [6, 6.07) is 5.56. The van der Waals surface area contributed by atoms with E-state index in [9.17, 15) is 14.0 Å². The van der Waals surface area contributed by atoms with Crippen LogP contribution in [0.1, 0.15) is 32.6 Å². The zero-order valence-electron chi connectivity index (χ0n) is 12.8. The van der Waals surface area contributed by atoms with Gasteiger partial charge < -0.3 is 9.80 Å². The molecule has 1 saturated heterocycles. The molecular formula is C17H21FN2O2. The Balaban J connectivity index is 1.74. The van der Waals surface area contributed by atoms with Crippen molar-refractivity contribution in [3.8, 4) is 0 Å². The number of amides is 2. The number of carbonyl (C=O) groups excluding carboxylic acids is 2. The van der Waals surface area contributed by atoms with Crippen LogP contribution in [0, 0.1) is 11.7 Å². The number of piperazine rings is 1. The molecule has 2 fully saturated rings. The van der Waals surface area contributed by atoms with E-state index in [1.807, 2.05) is 0 Å². The van der Waals surface area contributed by atoms with E-state index < -0.39 is 6.04 Å². The molecule has 1 heterocycles. The molecule has 4 nitrogen and oxygen atoms in total. The number of hydrogen-bond donors (Lipinski definition) is 0. The summed E-state index contributed by atoms with van der Waals surface area (Å²) in [6.45, 7) is 2.70. The average Bonchev–Trinajstić information content (AvgIpc) is 3.03. The van der Waals surface area contributed by atoms with Crippen LogP contribution in [-0.2, 0) is 9.59 Å². The number of carbonyl (C=O) groups is 2. The normalized spacial score (nSPS) is 23.2. The van der Waals surface area contributed by atoms with Crippen LogP contribution in [0.15, 0.2) is 24.3 Å². The first-order valence-corrected chi connectivity index (χ1v) is 7.95. The Morgan fingerprint density at radius 2 is 1.95 bits per heavy atom. The average molecular weight is 304 g/mol. The lowest BCUT2D eigenvalue weighted by atomic mass is 10.0. The predicted octanol–water partition coefficient (Wildman–Crippen LogP) is 2.58. The molecular weight excluding hydrogens is 283 g/mol. The van der Waals surface area contributed by atoms with E-state index in [1.54, 1.807) is 28.9 Å². The van der Waals surface area contributed by atoms with Crippen LogP contribution in [0.25, 0.3) is 0 Å². The van der Waals surface area contributed by atoms with Gasteiger partial charge in [-0.25, -0.2) is 4.39 Å². The van der Waals surface area contributed by atoms with E-state index in [0.717, 1.165) is 25.7 Å². The van der Waals surface area contributed by atoms with Gasteiger partial charge in [-0.05, 0) is 38.0 Å². The number of benzene rings is 1. The molecule has 1 atom stereocenters. The van der Waals surface area contributed by atoms with Gasteiger partial charge in [0.05, 0.1) is 0 Å². The number of nitrogens with zero attached hydrogens (tertiary/aromatic N) is 2. The Morgan fingerprint density at radius 1 is 1.23 bits per heavy atom. The van der Waals surface area contributed by atoms with Crippen LogP contribution < -0.4 is 4.90 Å². The molecule has 0 unspecified atom stereocenters. The van der Waals surface area contributed by atoms with Crippen molar-refractivity contribution in [2.24, 2.45) is 5.92 Å². The lowest BCUT2D eigenvalue weighted by molar-refractivity contribution is -0.143. The number of halogens is 1. The van der Waals surface area contributed by atoms with Crippen LogP contribution >= 0.6 is 0 Å². The number of hydrogen-bond acceptors (Lipinski definition) is 2. The van der Waals surface area contributed by atoms with Crippen LogP contribution in [0.3, 0.4) is 0 Å². The van der Waals surface area contributed by atoms with Gasteiger partial charge in [0.1, 0.15) is 11.9 Å². The maximum absolute atomic E-state index is 13.4. The van der Waals surface area contributed by atoms with Crippen molar-refractivity contribution in [2.75, 3.05) is 18.0 Å². The fourth-order valence-corrected chi connectivity index (χ4v) is 3.48. The Morgan fingerprint density at radius 3 is 2.64 bits per heavy atom. The Labute approximate surface area is 129 Å². The summed E-state index contributed by atoms with van der Waals surface area (Å²) >= 11 is 0. The van der Waals surface area contributed by atoms with E-state index in [0.29, 0.717) is 18.8 Å². The monoisotopic (exact) mass is 304 g/mol. The molecule has 1 saturated carbocycles. The van der Waals surface area contributed by atoms with Gasteiger partial charge in [-0.2, -0.15) is 0 Å². The third-order valence-corrected chi connectivity index (χ3v) is 4.76. The molecule has 2 amide bonds. The van der Waals surface area contributed by atoms with Crippen molar-refractivity contribution in [3.05, 3.63) is 30.1 Å². The second kappa shape index (κ2) is 6.07. The fourth-order valence-electron chi connectivity index (χ4n) is 3.48. The van der Waals surface area contributed by atoms with E-state index in [2.05, 4.69) is 0 Å². The molecule has 0 radical (unpaired) electrons. The lowest BCUT2D eigenvalue weighted by Gasteiger charge is -2.40. The quantitative estimate of drug-likeness (QED) is 0.842. The molecule has 1 aliphatic heterocycles. The van der Waals surface area contributed by atoms with Crippen LogP contribution in [-0.4, -0.2) is 35.8 Å². The molecule has 0 N–H and O–H groups in total. The van der Waals surface area contributed by atoms with Crippen LogP contribution in [0.5, 0.6) is 0 Å². The minimum absolute atomic E-state index is 0.0796. The van der Waals surface area contributed by atoms with E-state index in [-0.39, 0.29) is 23.5 Å². The summed E-state index contributed by atoms with van der Waals surface area (Å²) in [4.78, 5) is 28.4. The molecule has 0 aromatic heterocycles. The van der Waals surface area contributed by atoms with Gasteiger partial charge >= 0.3 is 0 Å². The highest BCUT2D eigenvalue weighted by atomic mass is 19.1. The Kier molecular flexibility index (Phi) is 4.14. The van der Waals surface area contributed by atoms with Gasteiger partial charge in [-0.15, -0.1) is 0 Å². The van der Waals surface area contributed by atoms with Crippen molar-refractivity contribution in [3.63, 3.8) is 0 Å². The first kappa shape index (κ1) is 15.0. The second-order valence-corrected chi connectivity index (χ2v) is 6.16.